The molecule has 0 saturated carbocycles. The molecule has 0 radical (unpaired) electrons. The smallest absolute Gasteiger partial charge is 0.417 e. The minimum atomic E-state index is -4.74. The molecule has 0 spiro atoms. The van der Waals surface area contributed by atoms with Crippen molar-refractivity contribution in [2.45, 2.75) is 19.3 Å². The minimum absolute atomic E-state index is 0.222. The predicted octanol–water partition coefficient (Wildman–Crippen LogP) is 2.38. The van der Waals surface area contributed by atoms with Gasteiger partial charge in [-0.25, -0.2) is 0 Å². The number of nitrogens with zero attached hydrogens (tertiary/aromatic N) is 1. The molecule has 1 heterocycles. The zero-order valence-corrected chi connectivity index (χ0v) is 14.5. The molecule has 144 valence electrons. The predicted molar refractivity (Wildman–Crippen MR) is 90.0 cm³/mol. The number of pyridine rings is 1. The van der Waals surface area contributed by atoms with Crippen LogP contribution in [0.25, 0.3) is 0 Å². The average Bonchev–Trinajstić information content (AvgIpc) is 2.62. The molecule has 0 saturated heterocycles. The lowest BCUT2D eigenvalue weighted by Gasteiger charge is -2.11. The van der Waals surface area contributed by atoms with Gasteiger partial charge in [-0.1, -0.05) is 41.9 Å². The van der Waals surface area contributed by atoms with Crippen LogP contribution in [0.2, 0.25) is 5.02 Å². The van der Waals surface area contributed by atoms with Crippen molar-refractivity contribution in [1.82, 2.24) is 9.88 Å². The monoisotopic (exact) mass is 402 g/mol. The molecule has 0 aliphatic rings. The maximum Gasteiger partial charge on any atom is 0.417 e. The molecule has 0 unspecified atom stereocenters. The molecule has 0 fully saturated rings. The molecule has 2 rings (SSSR count). The number of carbonyl (C=O) groups is 2. The van der Waals surface area contributed by atoms with Gasteiger partial charge in [-0.15, -0.1) is 0 Å². The Morgan fingerprint density at radius 3 is 2.48 bits per heavy atom. The summed E-state index contributed by atoms with van der Waals surface area (Å²) in [4.78, 5) is 35.1. The third-order valence-electron chi connectivity index (χ3n) is 3.37. The fourth-order valence-electron chi connectivity index (χ4n) is 2.05. The van der Waals surface area contributed by atoms with E-state index in [1.54, 1.807) is 24.3 Å². The molecule has 1 aromatic heterocycles. The Hall–Kier alpha value is -2.81. The zero-order valence-electron chi connectivity index (χ0n) is 13.8. The van der Waals surface area contributed by atoms with E-state index in [0.717, 1.165) is 5.56 Å². The van der Waals surface area contributed by atoms with E-state index in [1.807, 2.05) is 6.07 Å². The van der Waals surface area contributed by atoms with Gasteiger partial charge in [-0.05, 0) is 11.6 Å². The van der Waals surface area contributed by atoms with Crippen molar-refractivity contribution in [3.63, 3.8) is 0 Å². The van der Waals surface area contributed by atoms with Crippen molar-refractivity contribution in [2.75, 3.05) is 6.61 Å². The van der Waals surface area contributed by atoms with Gasteiger partial charge in [0.15, 0.2) is 6.61 Å². The first kappa shape index (κ1) is 20.5. The summed E-state index contributed by atoms with van der Waals surface area (Å²) < 4.78 is 43.4. The van der Waals surface area contributed by atoms with Crippen molar-refractivity contribution < 1.29 is 27.5 Å². The maximum atomic E-state index is 12.8. The number of benzene rings is 1. The average molecular weight is 403 g/mol. The summed E-state index contributed by atoms with van der Waals surface area (Å²) in [5.41, 5.74) is -1.32. The number of halogens is 4. The van der Waals surface area contributed by atoms with Gasteiger partial charge in [-0.2, -0.15) is 13.2 Å². The van der Waals surface area contributed by atoms with Crippen LogP contribution >= 0.6 is 11.6 Å². The summed E-state index contributed by atoms with van der Waals surface area (Å²) in [7, 11) is 0. The molecular weight excluding hydrogens is 389 g/mol. The van der Waals surface area contributed by atoms with Crippen molar-refractivity contribution in [3.8, 4) is 0 Å². The van der Waals surface area contributed by atoms with E-state index in [0.29, 0.717) is 16.8 Å². The number of ether oxygens (including phenoxy) is 1. The van der Waals surface area contributed by atoms with Gasteiger partial charge >= 0.3 is 12.1 Å². The lowest BCUT2D eigenvalue weighted by Crippen LogP contribution is -2.31. The highest BCUT2D eigenvalue weighted by Crippen LogP contribution is 2.29. The third kappa shape index (κ3) is 6.14. The Labute approximate surface area is 156 Å². The topological polar surface area (TPSA) is 77.4 Å². The van der Waals surface area contributed by atoms with Crippen LogP contribution in [-0.2, 0) is 33.6 Å². The molecule has 27 heavy (non-hydrogen) atoms. The molecule has 2 aromatic rings. The molecular formula is C17H14ClF3N2O4. The summed E-state index contributed by atoms with van der Waals surface area (Å²) in [5, 5.41) is 1.83. The second-order valence-corrected chi connectivity index (χ2v) is 5.84. The summed E-state index contributed by atoms with van der Waals surface area (Å²) >= 11 is 5.49. The van der Waals surface area contributed by atoms with Crippen LogP contribution in [-0.4, -0.2) is 23.1 Å². The summed E-state index contributed by atoms with van der Waals surface area (Å²) in [6.07, 6.45) is -4.27. The number of alkyl halides is 3. The second-order valence-electron chi connectivity index (χ2n) is 5.43. The number of esters is 1. The fourth-order valence-corrected chi connectivity index (χ4v) is 2.28. The second kappa shape index (κ2) is 8.72. The number of hydrogen-bond acceptors (Lipinski definition) is 4. The van der Waals surface area contributed by atoms with Crippen molar-refractivity contribution >= 4 is 23.5 Å². The zero-order chi connectivity index (χ0) is 20.0. The van der Waals surface area contributed by atoms with Crippen molar-refractivity contribution in [3.05, 3.63) is 69.1 Å². The number of aromatic nitrogens is 1. The lowest BCUT2D eigenvalue weighted by atomic mass is 10.2. The first-order chi connectivity index (χ1) is 12.7. The molecule has 10 heteroatoms. The highest BCUT2D eigenvalue weighted by molar-refractivity contribution is 6.30. The largest absolute Gasteiger partial charge is 0.454 e. The Morgan fingerprint density at radius 1 is 1.19 bits per heavy atom. The SMILES string of the molecule is O=C(COC(=O)Cn1cc(C(F)(F)F)cc(Cl)c1=O)NCc1ccccc1. The Morgan fingerprint density at radius 2 is 1.85 bits per heavy atom. The summed E-state index contributed by atoms with van der Waals surface area (Å²) in [5.74, 6) is -1.65. The summed E-state index contributed by atoms with van der Waals surface area (Å²) in [6.45, 7) is -1.22. The standard InChI is InChI=1S/C17H14ClF3N2O4/c18-13-6-12(17(19,20)21)8-23(16(13)26)9-15(25)27-10-14(24)22-7-11-4-2-1-3-5-11/h1-6,8H,7,9-10H2,(H,22,24). The Bertz CT molecular complexity index is 882. The number of hydrogen-bond donors (Lipinski definition) is 1. The first-order valence-corrected chi connectivity index (χ1v) is 7.98. The van der Waals surface area contributed by atoms with E-state index < -0.39 is 47.3 Å². The quantitative estimate of drug-likeness (QED) is 0.753. The highest BCUT2D eigenvalue weighted by atomic mass is 35.5. The normalized spacial score (nSPS) is 11.1. The van der Waals surface area contributed by atoms with Gasteiger partial charge in [-0.3, -0.25) is 14.4 Å². The highest BCUT2D eigenvalue weighted by Gasteiger charge is 2.32. The number of amides is 1. The number of carbonyl (C=O) groups excluding carboxylic acids is 2. The number of rotatable bonds is 6. The van der Waals surface area contributed by atoms with Crippen LogP contribution in [0.15, 0.2) is 47.4 Å². The molecule has 0 atom stereocenters. The van der Waals surface area contributed by atoms with E-state index in [-0.39, 0.29) is 6.54 Å². The minimum Gasteiger partial charge on any atom is -0.454 e. The fraction of sp³-hybridized carbons (Fsp3) is 0.235. The Kier molecular flexibility index (Phi) is 6.62. The van der Waals surface area contributed by atoms with Crippen LogP contribution in [0, 0.1) is 0 Å². The maximum absolute atomic E-state index is 12.8. The molecule has 1 amide bonds. The van der Waals surface area contributed by atoms with E-state index in [9.17, 15) is 27.6 Å². The Balaban J connectivity index is 1.91. The van der Waals surface area contributed by atoms with Crippen LogP contribution < -0.4 is 10.9 Å². The van der Waals surface area contributed by atoms with E-state index in [2.05, 4.69) is 10.1 Å². The molecule has 6 nitrogen and oxygen atoms in total. The van der Waals surface area contributed by atoms with E-state index >= 15 is 0 Å². The van der Waals surface area contributed by atoms with Crippen molar-refractivity contribution in [1.29, 1.82) is 0 Å². The molecule has 0 aliphatic carbocycles. The molecule has 0 aliphatic heterocycles. The third-order valence-corrected chi connectivity index (χ3v) is 3.64. The van der Waals surface area contributed by atoms with Gasteiger partial charge in [0, 0.05) is 12.7 Å². The van der Waals surface area contributed by atoms with Crippen LogP contribution in [0.4, 0.5) is 13.2 Å². The molecule has 1 aromatic carbocycles. The first-order valence-electron chi connectivity index (χ1n) is 7.60. The van der Waals surface area contributed by atoms with Gasteiger partial charge in [0.2, 0.25) is 0 Å². The van der Waals surface area contributed by atoms with Crippen LogP contribution in [0.1, 0.15) is 11.1 Å². The van der Waals surface area contributed by atoms with Gasteiger partial charge in [0.1, 0.15) is 11.6 Å². The lowest BCUT2D eigenvalue weighted by molar-refractivity contribution is -0.149. The van der Waals surface area contributed by atoms with Gasteiger partial charge in [0.05, 0.1) is 5.56 Å². The van der Waals surface area contributed by atoms with E-state index in [1.165, 1.54) is 0 Å². The summed E-state index contributed by atoms with van der Waals surface area (Å²) in [6, 6.07) is 9.45. The van der Waals surface area contributed by atoms with E-state index in [4.69, 9.17) is 11.6 Å². The number of nitrogens with one attached hydrogen (secondary N) is 1. The van der Waals surface area contributed by atoms with Gasteiger partial charge < -0.3 is 14.6 Å². The van der Waals surface area contributed by atoms with Crippen LogP contribution in [0.3, 0.4) is 0 Å². The van der Waals surface area contributed by atoms with Crippen molar-refractivity contribution in [2.24, 2.45) is 0 Å². The van der Waals surface area contributed by atoms with Gasteiger partial charge in [0.25, 0.3) is 11.5 Å². The van der Waals surface area contributed by atoms with Crippen LogP contribution in [0.5, 0.6) is 0 Å². The molecule has 1 N–H and O–H groups in total. The molecule has 0 bridgehead atoms.